The van der Waals surface area contributed by atoms with Gasteiger partial charge >= 0.3 is 0 Å². The van der Waals surface area contributed by atoms with Gasteiger partial charge in [0.1, 0.15) is 5.75 Å². The van der Waals surface area contributed by atoms with E-state index in [1.54, 1.807) is 24.3 Å². The van der Waals surface area contributed by atoms with Gasteiger partial charge in [0.15, 0.2) is 5.11 Å². The number of thiocarbonyl (C=S) groups is 1. The minimum absolute atomic E-state index is 0.137. The molecule has 3 N–H and O–H groups in total. The van der Waals surface area contributed by atoms with Crippen LogP contribution >= 0.6 is 12.2 Å². The first kappa shape index (κ1) is 13.4. The molecule has 98 valence electrons. The van der Waals surface area contributed by atoms with Crippen LogP contribution < -0.4 is 10.6 Å². The molecule has 3 nitrogen and oxygen atoms in total. The highest BCUT2D eigenvalue weighted by Gasteiger charge is 2.06. The second kappa shape index (κ2) is 6.20. The molecule has 2 rings (SSSR count). The first-order valence-electron chi connectivity index (χ1n) is 6.06. The van der Waals surface area contributed by atoms with E-state index >= 15 is 0 Å². The summed E-state index contributed by atoms with van der Waals surface area (Å²) in [7, 11) is 0. The number of phenols is 1. The summed E-state index contributed by atoms with van der Waals surface area (Å²) in [5, 5.41) is 16.1. The van der Waals surface area contributed by atoms with Crippen LogP contribution in [-0.2, 0) is 0 Å². The number of hydrogen-bond acceptors (Lipinski definition) is 2. The topological polar surface area (TPSA) is 44.3 Å². The second-order valence-corrected chi connectivity index (χ2v) is 4.69. The van der Waals surface area contributed by atoms with Crippen molar-refractivity contribution in [3.8, 4) is 5.75 Å². The Labute approximate surface area is 118 Å². The molecule has 0 saturated carbocycles. The largest absolute Gasteiger partial charge is 0.508 e. The summed E-state index contributed by atoms with van der Waals surface area (Å²) in [6.45, 7) is 2.06. The van der Waals surface area contributed by atoms with E-state index in [-0.39, 0.29) is 11.8 Å². The Morgan fingerprint density at radius 2 is 1.68 bits per heavy atom. The lowest BCUT2D eigenvalue weighted by Gasteiger charge is -2.17. The van der Waals surface area contributed by atoms with Crippen LogP contribution in [0.1, 0.15) is 18.5 Å². The fourth-order valence-corrected chi connectivity index (χ4v) is 2.03. The maximum atomic E-state index is 9.21. The van der Waals surface area contributed by atoms with Gasteiger partial charge in [0.2, 0.25) is 0 Å². The molecule has 1 atom stereocenters. The van der Waals surface area contributed by atoms with Crippen molar-refractivity contribution in [2.24, 2.45) is 0 Å². The monoisotopic (exact) mass is 272 g/mol. The first-order valence-corrected chi connectivity index (χ1v) is 6.47. The molecule has 0 aliphatic rings. The van der Waals surface area contributed by atoms with Crippen molar-refractivity contribution in [1.29, 1.82) is 0 Å². The Balaban J connectivity index is 1.93. The summed E-state index contributed by atoms with van der Waals surface area (Å²) in [6, 6.07) is 17.0. The first-order chi connectivity index (χ1) is 9.15. The van der Waals surface area contributed by atoms with Crippen LogP contribution in [0, 0.1) is 0 Å². The van der Waals surface area contributed by atoms with Gasteiger partial charge in [-0.25, -0.2) is 0 Å². The average molecular weight is 272 g/mol. The van der Waals surface area contributed by atoms with Gasteiger partial charge in [-0.3, -0.25) is 0 Å². The summed E-state index contributed by atoms with van der Waals surface area (Å²) in [4.78, 5) is 0. The van der Waals surface area contributed by atoms with Gasteiger partial charge in [0.05, 0.1) is 6.04 Å². The highest BCUT2D eigenvalue weighted by atomic mass is 32.1. The Kier molecular flexibility index (Phi) is 4.36. The lowest BCUT2D eigenvalue weighted by molar-refractivity contribution is 0.475. The average Bonchev–Trinajstić information content (AvgIpc) is 2.42. The Hall–Kier alpha value is -2.07. The molecular formula is C15H16N2OS. The summed E-state index contributed by atoms with van der Waals surface area (Å²) in [5.41, 5.74) is 2.02. The third-order valence-corrected chi connectivity index (χ3v) is 2.99. The number of phenolic OH excluding ortho intramolecular Hbond substituents is 1. The fourth-order valence-electron chi connectivity index (χ4n) is 1.73. The van der Waals surface area contributed by atoms with Crippen LogP contribution in [0.25, 0.3) is 0 Å². The van der Waals surface area contributed by atoms with Crippen molar-refractivity contribution < 1.29 is 5.11 Å². The third kappa shape index (κ3) is 3.96. The van der Waals surface area contributed by atoms with Gasteiger partial charge in [-0.15, -0.1) is 0 Å². The molecule has 0 unspecified atom stereocenters. The predicted octanol–water partition coefficient (Wildman–Crippen LogP) is 3.44. The number of nitrogens with one attached hydrogen (secondary N) is 2. The van der Waals surface area contributed by atoms with E-state index < -0.39 is 0 Å². The summed E-state index contributed by atoms with van der Waals surface area (Å²) >= 11 is 5.26. The molecule has 4 heteroatoms. The molecule has 0 heterocycles. The smallest absolute Gasteiger partial charge is 0.171 e. The molecule has 0 spiro atoms. The van der Waals surface area contributed by atoms with E-state index in [9.17, 15) is 5.11 Å². The quantitative estimate of drug-likeness (QED) is 0.591. The summed E-state index contributed by atoms with van der Waals surface area (Å²) in [5.74, 6) is 0.238. The third-order valence-electron chi connectivity index (χ3n) is 2.77. The molecule has 0 radical (unpaired) electrons. The molecule has 0 saturated heterocycles. The lowest BCUT2D eigenvalue weighted by Crippen LogP contribution is -2.30. The Morgan fingerprint density at radius 1 is 1.05 bits per heavy atom. The van der Waals surface area contributed by atoms with Crippen LogP contribution in [0.5, 0.6) is 5.75 Å². The van der Waals surface area contributed by atoms with Crippen LogP contribution in [0.2, 0.25) is 0 Å². The Bertz CT molecular complexity index is 540. The molecule has 2 aromatic rings. The minimum Gasteiger partial charge on any atom is -0.508 e. The van der Waals surface area contributed by atoms with Gasteiger partial charge in [0.25, 0.3) is 0 Å². The summed E-state index contributed by atoms with van der Waals surface area (Å²) < 4.78 is 0. The van der Waals surface area contributed by atoms with Crippen LogP contribution in [0.15, 0.2) is 54.6 Å². The van der Waals surface area contributed by atoms with Gasteiger partial charge in [0, 0.05) is 5.69 Å². The predicted molar refractivity (Wildman–Crippen MR) is 82.3 cm³/mol. The number of benzene rings is 2. The molecule has 0 aliphatic carbocycles. The van der Waals surface area contributed by atoms with Crippen molar-refractivity contribution in [1.82, 2.24) is 5.32 Å². The van der Waals surface area contributed by atoms with Crippen molar-refractivity contribution in [2.45, 2.75) is 13.0 Å². The van der Waals surface area contributed by atoms with Crippen molar-refractivity contribution in [3.63, 3.8) is 0 Å². The number of anilines is 1. The van der Waals surface area contributed by atoms with E-state index in [1.807, 2.05) is 18.2 Å². The maximum absolute atomic E-state index is 9.21. The molecule has 0 amide bonds. The van der Waals surface area contributed by atoms with Gasteiger partial charge in [-0.1, -0.05) is 30.3 Å². The highest BCUT2D eigenvalue weighted by molar-refractivity contribution is 7.80. The second-order valence-electron chi connectivity index (χ2n) is 4.28. The minimum atomic E-state index is 0.137. The van der Waals surface area contributed by atoms with Gasteiger partial charge < -0.3 is 15.7 Å². The number of rotatable bonds is 3. The molecular weight excluding hydrogens is 256 g/mol. The van der Waals surface area contributed by atoms with E-state index in [0.717, 1.165) is 5.69 Å². The van der Waals surface area contributed by atoms with E-state index in [4.69, 9.17) is 12.2 Å². The standard InChI is InChI=1S/C15H16N2OS/c1-11(12-5-3-2-4-6-12)16-15(19)17-13-7-9-14(18)10-8-13/h2-11,18H,1H3,(H2,16,17,19)/t11-/m1/s1. The van der Waals surface area contributed by atoms with E-state index in [0.29, 0.717) is 5.11 Å². The van der Waals surface area contributed by atoms with Crippen LogP contribution in [0.4, 0.5) is 5.69 Å². The molecule has 0 aromatic heterocycles. The zero-order chi connectivity index (χ0) is 13.7. The SMILES string of the molecule is C[C@@H](NC(=S)Nc1ccc(O)cc1)c1ccccc1. The zero-order valence-electron chi connectivity index (χ0n) is 10.6. The van der Waals surface area contributed by atoms with Crippen molar-refractivity contribution in [2.75, 3.05) is 5.32 Å². The number of aromatic hydroxyl groups is 1. The lowest BCUT2D eigenvalue weighted by atomic mass is 10.1. The molecule has 19 heavy (non-hydrogen) atoms. The Morgan fingerprint density at radius 3 is 2.32 bits per heavy atom. The molecule has 2 aromatic carbocycles. The summed E-state index contributed by atoms with van der Waals surface area (Å²) in [6.07, 6.45) is 0. The number of hydrogen-bond donors (Lipinski definition) is 3. The fraction of sp³-hybridized carbons (Fsp3) is 0.133. The molecule has 0 aliphatic heterocycles. The highest BCUT2D eigenvalue weighted by Crippen LogP contribution is 2.15. The molecule has 0 fully saturated rings. The van der Waals surface area contributed by atoms with E-state index in [1.165, 1.54) is 5.56 Å². The van der Waals surface area contributed by atoms with Crippen LogP contribution in [-0.4, -0.2) is 10.2 Å². The van der Waals surface area contributed by atoms with E-state index in [2.05, 4.69) is 29.7 Å². The van der Waals surface area contributed by atoms with Crippen molar-refractivity contribution >= 4 is 23.0 Å². The normalized spacial score (nSPS) is 11.6. The maximum Gasteiger partial charge on any atom is 0.171 e. The van der Waals surface area contributed by atoms with Gasteiger partial charge in [-0.2, -0.15) is 0 Å². The zero-order valence-corrected chi connectivity index (χ0v) is 11.4. The van der Waals surface area contributed by atoms with Gasteiger partial charge in [-0.05, 0) is 49.0 Å². The molecule has 0 bridgehead atoms. The van der Waals surface area contributed by atoms with Crippen molar-refractivity contribution in [3.05, 3.63) is 60.2 Å². The van der Waals surface area contributed by atoms with Crippen LogP contribution in [0.3, 0.4) is 0 Å².